The van der Waals surface area contributed by atoms with E-state index in [1.807, 2.05) is 14.1 Å². The number of aromatic nitrogens is 1. The number of anilines is 1. The van der Waals surface area contributed by atoms with E-state index in [0.717, 1.165) is 16.9 Å². The van der Waals surface area contributed by atoms with Gasteiger partial charge in [0.1, 0.15) is 0 Å². The van der Waals surface area contributed by atoms with Gasteiger partial charge in [-0.1, -0.05) is 22.9 Å². The Bertz CT molecular complexity index is 236. The van der Waals surface area contributed by atoms with Crippen LogP contribution in [-0.4, -0.2) is 19.1 Å². The van der Waals surface area contributed by atoms with Crippen molar-refractivity contribution in [3.8, 4) is 0 Å². The summed E-state index contributed by atoms with van der Waals surface area (Å²) in [7, 11) is 4.05. The molecule has 12 heavy (non-hydrogen) atoms. The molecule has 0 radical (unpaired) electrons. The van der Waals surface area contributed by atoms with E-state index >= 15 is 0 Å². The first-order chi connectivity index (χ1) is 5.69. The summed E-state index contributed by atoms with van der Waals surface area (Å²) < 4.78 is 0. The maximum Gasteiger partial charge on any atom is 0.185 e. The van der Waals surface area contributed by atoms with E-state index in [1.54, 1.807) is 11.3 Å². The highest BCUT2D eigenvalue weighted by Crippen LogP contribution is 2.26. The first kappa shape index (κ1) is 9.99. The third kappa shape index (κ3) is 1.98. The summed E-state index contributed by atoms with van der Waals surface area (Å²) in [4.78, 5) is 7.91. The summed E-state index contributed by atoms with van der Waals surface area (Å²) in [6.45, 7) is 2.14. The van der Waals surface area contributed by atoms with Crippen LogP contribution in [0.25, 0.3) is 0 Å². The Kier molecular flexibility index (Phi) is 3.53. The molecule has 0 aromatic carbocycles. The SMILES string of the molecule is CCc1nc(N(C)C)sc1CBr. The van der Waals surface area contributed by atoms with Crippen LogP contribution in [0, 0.1) is 0 Å². The Balaban J connectivity index is 2.97. The van der Waals surface area contributed by atoms with Gasteiger partial charge in [-0.3, -0.25) is 0 Å². The first-order valence-electron chi connectivity index (χ1n) is 3.90. The summed E-state index contributed by atoms with van der Waals surface area (Å²) in [5, 5.41) is 2.02. The van der Waals surface area contributed by atoms with E-state index in [-0.39, 0.29) is 0 Å². The molecule has 2 nitrogen and oxygen atoms in total. The summed E-state index contributed by atoms with van der Waals surface area (Å²) >= 11 is 5.22. The van der Waals surface area contributed by atoms with E-state index in [9.17, 15) is 0 Å². The van der Waals surface area contributed by atoms with Gasteiger partial charge in [-0.15, -0.1) is 11.3 Å². The van der Waals surface area contributed by atoms with Gasteiger partial charge in [0.15, 0.2) is 5.13 Å². The molecular formula is C8H13BrN2S. The van der Waals surface area contributed by atoms with Gasteiger partial charge in [-0.2, -0.15) is 0 Å². The maximum atomic E-state index is 4.51. The van der Waals surface area contributed by atoms with Crippen LogP contribution in [0.4, 0.5) is 5.13 Å². The van der Waals surface area contributed by atoms with Crippen molar-refractivity contribution < 1.29 is 0 Å². The third-order valence-electron chi connectivity index (χ3n) is 1.61. The number of rotatable bonds is 3. The Hall–Kier alpha value is -0.0900. The number of alkyl halides is 1. The number of hydrogen-bond donors (Lipinski definition) is 0. The third-order valence-corrected chi connectivity index (χ3v) is 3.80. The molecule has 1 rings (SSSR count). The standard InChI is InChI=1S/C8H13BrN2S/c1-4-6-7(5-9)12-8(10-6)11(2)3/h4-5H2,1-3H3. The molecule has 0 atom stereocenters. The molecule has 4 heteroatoms. The maximum absolute atomic E-state index is 4.51. The minimum Gasteiger partial charge on any atom is -0.354 e. The molecule has 0 amide bonds. The fourth-order valence-corrected chi connectivity index (χ4v) is 2.53. The molecular weight excluding hydrogens is 236 g/mol. The van der Waals surface area contributed by atoms with E-state index in [2.05, 4.69) is 32.7 Å². The molecule has 0 bridgehead atoms. The molecule has 1 heterocycles. The normalized spacial score (nSPS) is 10.3. The summed E-state index contributed by atoms with van der Waals surface area (Å²) in [5.41, 5.74) is 1.22. The van der Waals surface area contributed by atoms with E-state index < -0.39 is 0 Å². The van der Waals surface area contributed by atoms with Crippen LogP contribution >= 0.6 is 27.3 Å². The Morgan fingerprint density at radius 1 is 1.50 bits per heavy atom. The zero-order valence-electron chi connectivity index (χ0n) is 7.59. The van der Waals surface area contributed by atoms with Crippen molar-refractivity contribution in [3.05, 3.63) is 10.6 Å². The largest absolute Gasteiger partial charge is 0.354 e. The van der Waals surface area contributed by atoms with Crippen LogP contribution in [0.1, 0.15) is 17.5 Å². The molecule has 1 aromatic heterocycles. The van der Waals surface area contributed by atoms with Crippen LogP contribution in [0.5, 0.6) is 0 Å². The van der Waals surface area contributed by atoms with Crippen molar-refractivity contribution in [2.75, 3.05) is 19.0 Å². The van der Waals surface area contributed by atoms with Gasteiger partial charge >= 0.3 is 0 Å². The molecule has 0 fully saturated rings. The molecule has 0 saturated carbocycles. The van der Waals surface area contributed by atoms with Crippen LogP contribution in [0.3, 0.4) is 0 Å². The quantitative estimate of drug-likeness (QED) is 0.765. The lowest BCUT2D eigenvalue weighted by Gasteiger charge is -2.05. The van der Waals surface area contributed by atoms with Crippen molar-refractivity contribution in [3.63, 3.8) is 0 Å². The van der Waals surface area contributed by atoms with Gasteiger partial charge < -0.3 is 4.90 Å². The fourth-order valence-electron chi connectivity index (χ4n) is 0.942. The zero-order chi connectivity index (χ0) is 9.14. The van der Waals surface area contributed by atoms with Gasteiger partial charge in [-0.25, -0.2) is 4.98 Å². The molecule has 0 unspecified atom stereocenters. The van der Waals surface area contributed by atoms with Crippen molar-refractivity contribution in [1.29, 1.82) is 0 Å². The topological polar surface area (TPSA) is 16.1 Å². The zero-order valence-corrected chi connectivity index (χ0v) is 10.00. The first-order valence-corrected chi connectivity index (χ1v) is 5.84. The van der Waals surface area contributed by atoms with Crippen molar-refractivity contribution in [2.45, 2.75) is 18.7 Å². The Labute approximate surface area is 85.7 Å². The van der Waals surface area contributed by atoms with E-state index in [0.29, 0.717) is 0 Å². The number of nitrogens with zero attached hydrogens (tertiary/aromatic N) is 2. The second-order valence-electron chi connectivity index (χ2n) is 2.75. The van der Waals surface area contributed by atoms with Crippen molar-refractivity contribution >= 4 is 32.4 Å². The average Bonchev–Trinajstić information content (AvgIpc) is 2.46. The van der Waals surface area contributed by atoms with Gasteiger partial charge in [-0.05, 0) is 6.42 Å². The molecule has 0 N–H and O–H groups in total. The van der Waals surface area contributed by atoms with Crippen molar-refractivity contribution in [2.24, 2.45) is 0 Å². The van der Waals surface area contributed by atoms with Gasteiger partial charge in [0, 0.05) is 24.3 Å². The molecule has 1 aromatic rings. The summed E-state index contributed by atoms with van der Waals surface area (Å²) in [5.74, 6) is 0. The minimum absolute atomic E-state index is 0.918. The highest BCUT2D eigenvalue weighted by Gasteiger charge is 2.08. The van der Waals surface area contributed by atoms with Crippen molar-refractivity contribution in [1.82, 2.24) is 4.98 Å². The predicted octanol–water partition coefficient (Wildman–Crippen LogP) is 2.67. The molecule has 0 saturated heterocycles. The lowest BCUT2D eigenvalue weighted by atomic mass is 10.3. The fraction of sp³-hybridized carbons (Fsp3) is 0.625. The lowest BCUT2D eigenvalue weighted by molar-refractivity contribution is 1.01. The van der Waals surface area contributed by atoms with Crippen LogP contribution in [-0.2, 0) is 11.8 Å². The molecule has 0 aliphatic carbocycles. The molecule has 0 spiro atoms. The lowest BCUT2D eigenvalue weighted by Crippen LogP contribution is -2.07. The Morgan fingerprint density at radius 3 is 2.50 bits per heavy atom. The number of aryl methyl sites for hydroxylation is 1. The number of thiazole rings is 1. The average molecular weight is 249 g/mol. The summed E-state index contributed by atoms with van der Waals surface area (Å²) in [6.07, 6.45) is 1.02. The number of hydrogen-bond acceptors (Lipinski definition) is 3. The van der Waals surface area contributed by atoms with Crippen LogP contribution in [0.15, 0.2) is 0 Å². The van der Waals surface area contributed by atoms with Crippen LogP contribution < -0.4 is 4.90 Å². The van der Waals surface area contributed by atoms with E-state index in [4.69, 9.17) is 0 Å². The van der Waals surface area contributed by atoms with Crippen LogP contribution in [0.2, 0.25) is 0 Å². The van der Waals surface area contributed by atoms with E-state index in [1.165, 1.54) is 10.6 Å². The smallest absolute Gasteiger partial charge is 0.185 e. The molecule has 0 aliphatic heterocycles. The van der Waals surface area contributed by atoms with Gasteiger partial charge in [0.05, 0.1) is 5.69 Å². The molecule has 68 valence electrons. The number of halogens is 1. The molecule has 0 aliphatic rings. The highest BCUT2D eigenvalue weighted by atomic mass is 79.9. The second kappa shape index (κ2) is 4.23. The Morgan fingerprint density at radius 2 is 2.17 bits per heavy atom. The highest BCUT2D eigenvalue weighted by molar-refractivity contribution is 9.08. The minimum atomic E-state index is 0.918. The summed E-state index contributed by atoms with van der Waals surface area (Å²) in [6, 6.07) is 0. The van der Waals surface area contributed by atoms with Gasteiger partial charge in [0.25, 0.3) is 0 Å². The predicted molar refractivity (Wildman–Crippen MR) is 58.5 cm³/mol. The van der Waals surface area contributed by atoms with Gasteiger partial charge in [0.2, 0.25) is 0 Å². The monoisotopic (exact) mass is 248 g/mol. The second-order valence-corrected chi connectivity index (χ2v) is 4.37.